The molecule has 2 N–H and O–H groups in total. The fraction of sp³-hybridized carbons (Fsp3) is 0.571. The highest BCUT2D eigenvalue weighted by atomic mass is 16.5. The number of aromatic hydroxyl groups is 1. The molecule has 94 valence electrons. The Hall–Kier alpha value is -1.22. The molecule has 0 bridgehead atoms. The maximum Gasteiger partial charge on any atom is 0.126 e. The lowest BCUT2D eigenvalue weighted by Gasteiger charge is -2.26. The minimum atomic E-state index is 0.132. The zero-order valence-corrected chi connectivity index (χ0v) is 10.6. The molecule has 1 atom stereocenters. The highest BCUT2D eigenvalue weighted by Gasteiger charge is 2.22. The molecule has 1 unspecified atom stereocenters. The molecule has 1 aliphatic heterocycles. The number of piperidine rings is 1. The largest absolute Gasteiger partial charge is 0.508 e. The quantitative estimate of drug-likeness (QED) is 0.846. The van der Waals surface area contributed by atoms with Gasteiger partial charge in [0.2, 0.25) is 0 Å². The van der Waals surface area contributed by atoms with Crippen LogP contribution in [0.5, 0.6) is 11.5 Å². The van der Waals surface area contributed by atoms with Crippen molar-refractivity contribution < 1.29 is 9.84 Å². The number of phenolic OH excluding ortho intramolecular Hbond substituents is 1. The van der Waals surface area contributed by atoms with E-state index in [0.29, 0.717) is 11.7 Å². The van der Waals surface area contributed by atoms with Crippen LogP contribution in [0.25, 0.3) is 0 Å². The van der Waals surface area contributed by atoms with Gasteiger partial charge in [0.25, 0.3) is 0 Å². The van der Waals surface area contributed by atoms with Gasteiger partial charge in [0.1, 0.15) is 11.5 Å². The fourth-order valence-electron chi connectivity index (χ4n) is 2.40. The van der Waals surface area contributed by atoms with E-state index in [9.17, 15) is 5.11 Å². The first-order valence-electron chi connectivity index (χ1n) is 6.37. The second-order valence-corrected chi connectivity index (χ2v) is 4.90. The third-order valence-electron chi connectivity index (χ3n) is 3.11. The van der Waals surface area contributed by atoms with E-state index in [-0.39, 0.29) is 6.10 Å². The summed E-state index contributed by atoms with van der Waals surface area (Å²) >= 11 is 0. The topological polar surface area (TPSA) is 41.5 Å². The average molecular weight is 235 g/mol. The fourth-order valence-corrected chi connectivity index (χ4v) is 2.40. The van der Waals surface area contributed by atoms with Crippen LogP contribution in [-0.2, 0) is 0 Å². The molecule has 3 heteroatoms. The predicted molar refractivity (Wildman–Crippen MR) is 68.7 cm³/mol. The Kier molecular flexibility index (Phi) is 3.89. The minimum Gasteiger partial charge on any atom is -0.508 e. The van der Waals surface area contributed by atoms with Crippen LogP contribution in [0, 0.1) is 0 Å². The average Bonchev–Trinajstić information content (AvgIpc) is 2.29. The van der Waals surface area contributed by atoms with Gasteiger partial charge < -0.3 is 15.2 Å². The molecule has 0 aromatic heterocycles. The summed E-state index contributed by atoms with van der Waals surface area (Å²) in [6.45, 7) is 6.01. The van der Waals surface area contributed by atoms with Crippen LogP contribution in [0.15, 0.2) is 18.2 Å². The number of nitrogens with one attached hydrogen (secondary N) is 1. The van der Waals surface area contributed by atoms with Crippen LogP contribution in [0.2, 0.25) is 0 Å². The van der Waals surface area contributed by atoms with Crippen LogP contribution in [0.4, 0.5) is 0 Å². The summed E-state index contributed by atoms with van der Waals surface area (Å²) in [6, 6.07) is 5.54. The van der Waals surface area contributed by atoms with Gasteiger partial charge in [-0.1, -0.05) is 6.07 Å². The van der Waals surface area contributed by atoms with E-state index in [1.54, 1.807) is 6.07 Å². The molecule has 1 aliphatic rings. The van der Waals surface area contributed by atoms with E-state index in [1.807, 2.05) is 26.0 Å². The van der Waals surface area contributed by atoms with Gasteiger partial charge >= 0.3 is 0 Å². The molecule has 3 nitrogen and oxygen atoms in total. The van der Waals surface area contributed by atoms with Gasteiger partial charge in [0, 0.05) is 18.0 Å². The third kappa shape index (κ3) is 2.91. The molecule has 0 amide bonds. The summed E-state index contributed by atoms with van der Waals surface area (Å²) in [5.41, 5.74) is 0.966. The first-order valence-corrected chi connectivity index (χ1v) is 6.37. The van der Waals surface area contributed by atoms with Crippen LogP contribution < -0.4 is 10.1 Å². The van der Waals surface area contributed by atoms with Crippen molar-refractivity contribution in [3.05, 3.63) is 23.8 Å². The number of hydrogen-bond donors (Lipinski definition) is 2. The molecule has 1 aromatic rings. The molecule has 0 aliphatic carbocycles. The van der Waals surface area contributed by atoms with Crippen molar-refractivity contribution in [2.45, 2.75) is 38.7 Å². The Labute approximate surface area is 103 Å². The molecule has 1 heterocycles. The molecule has 0 spiro atoms. The first-order chi connectivity index (χ1) is 8.18. The summed E-state index contributed by atoms with van der Waals surface area (Å²) in [6.07, 6.45) is 2.39. The summed E-state index contributed by atoms with van der Waals surface area (Å²) in [7, 11) is 0. The van der Waals surface area contributed by atoms with E-state index < -0.39 is 0 Å². The molecule has 1 fully saturated rings. The zero-order valence-electron chi connectivity index (χ0n) is 10.6. The molecular weight excluding hydrogens is 214 g/mol. The van der Waals surface area contributed by atoms with Crippen LogP contribution >= 0.6 is 0 Å². The van der Waals surface area contributed by atoms with Crippen molar-refractivity contribution >= 4 is 0 Å². The predicted octanol–water partition coefficient (Wildman–Crippen LogP) is 2.65. The van der Waals surface area contributed by atoms with Gasteiger partial charge in [0.15, 0.2) is 0 Å². The Morgan fingerprint density at radius 3 is 2.88 bits per heavy atom. The first kappa shape index (κ1) is 12.2. The molecule has 1 saturated heterocycles. The van der Waals surface area contributed by atoms with E-state index in [4.69, 9.17) is 4.74 Å². The zero-order chi connectivity index (χ0) is 12.3. The van der Waals surface area contributed by atoms with Gasteiger partial charge in [-0.3, -0.25) is 0 Å². The summed E-state index contributed by atoms with van der Waals surface area (Å²) in [5, 5.41) is 13.4. The number of ether oxygens (including phenoxy) is 1. The lowest BCUT2D eigenvalue weighted by atomic mass is 9.90. The Bertz CT molecular complexity index is 370. The van der Waals surface area contributed by atoms with Crippen molar-refractivity contribution in [3.8, 4) is 11.5 Å². The molecule has 17 heavy (non-hydrogen) atoms. The normalized spacial score (nSPS) is 20.5. The number of rotatable bonds is 3. The van der Waals surface area contributed by atoms with Crippen molar-refractivity contribution in [1.82, 2.24) is 5.32 Å². The van der Waals surface area contributed by atoms with Gasteiger partial charge in [-0.2, -0.15) is 0 Å². The van der Waals surface area contributed by atoms with Crippen LogP contribution in [0.1, 0.15) is 38.2 Å². The maximum atomic E-state index is 10.0. The van der Waals surface area contributed by atoms with E-state index in [0.717, 1.165) is 37.2 Å². The third-order valence-corrected chi connectivity index (χ3v) is 3.11. The second-order valence-electron chi connectivity index (χ2n) is 4.90. The lowest BCUT2D eigenvalue weighted by Crippen LogP contribution is -2.28. The maximum absolute atomic E-state index is 10.0. The molecule has 2 rings (SSSR count). The highest BCUT2D eigenvalue weighted by Crippen LogP contribution is 2.37. The van der Waals surface area contributed by atoms with Gasteiger partial charge in [0.05, 0.1) is 6.10 Å². The highest BCUT2D eigenvalue weighted by molar-refractivity contribution is 5.46. The second kappa shape index (κ2) is 5.41. The lowest BCUT2D eigenvalue weighted by molar-refractivity contribution is 0.235. The SMILES string of the molecule is CC(C)Oc1cccc(O)c1C1CCCNC1. The van der Waals surface area contributed by atoms with Crippen molar-refractivity contribution in [3.63, 3.8) is 0 Å². The van der Waals surface area contributed by atoms with E-state index in [2.05, 4.69) is 5.32 Å². The molecule has 1 aromatic carbocycles. The van der Waals surface area contributed by atoms with Gasteiger partial charge in [-0.15, -0.1) is 0 Å². The summed E-state index contributed by atoms with van der Waals surface area (Å²) in [5.74, 6) is 1.55. The van der Waals surface area contributed by atoms with Crippen LogP contribution in [0.3, 0.4) is 0 Å². The van der Waals surface area contributed by atoms with Crippen molar-refractivity contribution in [1.29, 1.82) is 0 Å². The number of benzene rings is 1. The Morgan fingerprint density at radius 2 is 2.24 bits per heavy atom. The standard InChI is InChI=1S/C14H21NO2/c1-10(2)17-13-7-3-6-12(16)14(13)11-5-4-8-15-9-11/h3,6-7,10-11,15-16H,4-5,8-9H2,1-2H3. The summed E-state index contributed by atoms with van der Waals surface area (Å²) in [4.78, 5) is 0. The minimum absolute atomic E-state index is 0.132. The van der Waals surface area contributed by atoms with E-state index >= 15 is 0 Å². The van der Waals surface area contributed by atoms with E-state index in [1.165, 1.54) is 0 Å². The van der Waals surface area contributed by atoms with Gasteiger partial charge in [-0.25, -0.2) is 0 Å². The molecule has 0 saturated carbocycles. The van der Waals surface area contributed by atoms with Gasteiger partial charge in [-0.05, 0) is 45.4 Å². The molecular formula is C14H21NO2. The Morgan fingerprint density at radius 1 is 1.41 bits per heavy atom. The number of hydrogen-bond acceptors (Lipinski definition) is 3. The van der Waals surface area contributed by atoms with Crippen LogP contribution in [-0.4, -0.2) is 24.3 Å². The smallest absolute Gasteiger partial charge is 0.126 e. The summed E-state index contributed by atoms with van der Waals surface area (Å²) < 4.78 is 5.79. The Balaban J connectivity index is 2.28. The number of phenols is 1. The van der Waals surface area contributed by atoms with Crippen molar-refractivity contribution in [2.24, 2.45) is 0 Å². The molecule has 0 radical (unpaired) electrons. The van der Waals surface area contributed by atoms with Crippen molar-refractivity contribution in [2.75, 3.05) is 13.1 Å². The monoisotopic (exact) mass is 235 g/mol.